The summed E-state index contributed by atoms with van der Waals surface area (Å²) in [6.07, 6.45) is 0. The van der Waals surface area contributed by atoms with Crippen LogP contribution in [0.25, 0.3) is 10.8 Å². The Balaban J connectivity index is 1.92. The molecule has 1 N–H and O–H groups in total. The number of methoxy groups -OCH3 is 1. The molecular weight excluding hydrogens is 348 g/mol. The molecule has 0 aliphatic heterocycles. The minimum Gasteiger partial charge on any atom is -0.488 e. The minimum absolute atomic E-state index is 0.288. The lowest BCUT2D eigenvalue weighted by Gasteiger charge is -2.13. The Labute approximate surface area is 155 Å². The molecule has 0 saturated heterocycles. The van der Waals surface area contributed by atoms with Crippen molar-refractivity contribution in [2.24, 2.45) is 0 Å². The average Bonchev–Trinajstić information content (AvgIpc) is 2.70. The molecular formula is C21H18O6. The Hall–Kier alpha value is -3.54. The highest BCUT2D eigenvalue weighted by atomic mass is 16.5. The van der Waals surface area contributed by atoms with Crippen molar-refractivity contribution >= 4 is 22.7 Å². The third-order valence-electron chi connectivity index (χ3n) is 3.91. The summed E-state index contributed by atoms with van der Waals surface area (Å²) in [5.41, 5.74) is 1.27. The molecule has 0 aliphatic rings. The molecule has 0 amide bonds. The first-order valence-electron chi connectivity index (χ1n) is 8.24. The molecule has 0 heterocycles. The summed E-state index contributed by atoms with van der Waals surface area (Å²) in [5, 5.41) is 10.3. The van der Waals surface area contributed by atoms with E-state index in [1.165, 1.54) is 7.11 Å². The first-order valence-corrected chi connectivity index (χ1v) is 8.24. The van der Waals surface area contributed by atoms with Crippen LogP contribution in [-0.4, -0.2) is 30.8 Å². The monoisotopic (exact) mass is 366 g/mol. The van der Waals surface area contributed by atoms with Gasteiger partial charge >= 0.3 is 11.9 Å². The fraction of sp³-hybridized carbons (Fsp3) is 0.143. The van der Waals surface area contributed by atoms with Crippen LogP contribution in [0, 0.1) is 0 Å². The molecule has 0 saturated carbocycles. The highest BCUT2D eigenvalue weighted by Crippen LogP contribution is 2.30. The highest BCUT2D eigenvalue weighted by molar-refractivity contribution is 5.99. The molecule has 0 bridgehead atoms. The molecule has 0 spiro atoms. The Morgan fingerprint density at radius 1 is 0.926 bits per heavy atom. The number of hydrogen-bond acceptors (Lipinski definition) is 5. The lowest BCUT2D eigenvalue weighted by Crippen LogP contribution is -2.09. The molecule has 0 atom stereocenters. The summed E-state index contributed by atoms with van der Waals surface area (Å²) in [6.45, 7) is -0.121. The lowest BCUT2D eigenvalue weighted by atomic mass is 10.1. The number of fused-ring (bicyclic) bond motifs is 1. The second kappa shape index (κ2) is 8.23. The largest absolute Gasteiger partial charge is 0.488 e. The maximum absolute atomic E-state index is 12.2. The number of aliphatic carboxylic acids is 1. The number of carbonyl (C=O) groups excluding carboxylic acids is 1. The number of esters is 1. The molecule has 0 fully saturated rings. The Bertz CT molecular complexity index is 965. The van der Waals surface area contributed by atoms with E-state index in [1.807, 2.05) is 30.3 Å². The van der Waals surface area contributed by atoms with Crippen LogP contribution in [0.4, 0.5) is 0 Å². The van der Waals surface area contributed by atoms with E-state index < -0.39 is 18.5 Å². The number of carboxylic acid groups (broad SMARTS) is 1. The summed E-state index contributed by atoms with van der Waals surface area (Å²) in [4.78, 5) is 22.8. The summed E-state index contributed by atoms with van der Waals surface area (Å²) >= 11 is 0. The zero-order valence-corrected chi connectivity index (χ0v) is 14.7. The molecule has 6 heteroatoms. The van der Waals surface area contributed by atoms with Gasteiger partial charge in [0.05, 0.1) is 7.11 Å². The van der Waals surface area contributed by atoms with E-state index in [2.05, 4.69) is 0 Å². The van der Waals surface area contributed by atoms with Crippen LogP contribution in [0.1, 0.15) is 15.9 Å². The Morgan fingerprint density at radius 2 is 1.70 bits per heavy atom. The topological polar surface area (TPSA) is 82.1 Å². The van der Waals surface area contributed by atoms with E-state index in [1.54, 1.807) is 30.3 Å². The van der Waals surface area contributed by atoms with Crippen LogP contribution in [0.15, 0.2) is 60.7 Å². The second-order valence-corrected chi connectivity index (χ2v) is 5.81. The molecule has 0 aliphatic carbocycles. The maximum Gasteiger partial charge on any atom is 0.341 e. The third kappa shape index (κ3) is 4.55. The maximum atomic E-state index is 12.2. The van der Waals surface area contributed by atoms with E-state index in [4.69, 9.17) is 19.3 Å². The number of carbonyl (C=O) groups is 2. The van der Waals surface area contributed by atoms with Gasteiger partial charge in [-0.15, -0.1) is 0 Å². The average molecular weight is 366 g/mol. The van der Waals surface area contributed by atoms with Crippen LogP contribution in [-0.2, 0) is 16.1 Å². The summed E-state index contributed by atoms with van der Waals surface area (Å²) in [5.74, 6) is -0.761. The van der Waals surface area contributed by atoms with Crippen LogP contribution in [0.3, 0.4) is 0 Å². The fourth-order valence-corrected chi connectivity index (χ4v) is 2.61. The van der Waals surface area contributed by atoms with Gasteiger partial charge in [-0.25, -0.2) is 9.59 Å². The zero-order chi connectivity index (χ0) is 19.2. The van der Waals surface area contributed by atoms with Crippen LogP contribution < -0.4 is 9.47 Å². The minimum atomic E-state index is -1.06. The Kier molecular flexibility index (Phi) is 5.56. The van der Waals surface area contributed by atoms with Gasteiger partial charge in [0.2, 0.25) is 0 Å². The predicted molar refractivity (Wildman–Crippen MR) is 99.2 cm³/mol. The predicted octanol–water partition coefficient (Wildman–Crippen LogP) is 3.67. The SMILES string of the molecule is COC(=O)c1cc2cc(OCC(=O)O)ccc2cc1OCc1ccccc1. The third-order valence-corrected chi connectivity index (χ3v) is 3.91. The number of benzene rings is 3. The number of hydrogen-bond donors (Lipinski definition) is 1. The van der Waals surface area contributed by atoms with Gasteiger partial charge in [0, 0.05) is 0 Å². The fourth-order valence-electron chi connectivity index (χ4n) is 2.61. The normalized spacial score (nSPS) is 10.4. The van der Waals surface area contributed by atoms with Crippen molar-refractivity contribution in [3.63, 3.8) is 0 Å². The zero-order valence-electron chi connectivity index (χ0n) is 14.7. The molecule has 6 nitrogen and oxygen atoms in total. The summed E-state index contributed by atoms with van der Waals surface area (Å²) < 4.78 is 15.9. The van der Waals surface area contributed by atoms with Gasteiger partial charge in [-0.05, 0) is 40.6 Å². The highest BCUT2D eigenvalue weighted by Gasteiger charge is 2.15. The van der Waals surface area contributed by atoms with Crippen LogP contribution in [0.2, 0.25) is 0 Å². The quantitative estimate of drug-likeness (QED) is 0.643. The van der Waals surface area contributed by atoms with Crippen molar-refractivity contribution in [3.8, 4) is 11.5 Å². The van der Waals surface area contributed by atoms with Gasteiger partial charge in [0.15, 0.2) is 6.61 Å². The lowest BCUT2D eigenvalue weighted by molar-refractivity contribution is -0.139. The van der Waals surface area contributed by atoms with Gasteiger partial charge in [-0.1, -0.05) is 36.4 Å². The van der Waals surface area contributed by atoms with E-state index in [0.29, 0.717) is 23.5 Å². The van der Waals surface area contributed by atoms with Crippen molar-refractivity contribution < 1.29 is 28.9 Å². The van der Waals surface area contributed by atoms with Gasteiger partial charge < -0.3 is 19.3 Å². The molecule has 0 aromatic heterocycles. The van der Waals surface area contributed by atoms with E-state index >= 15 is 0 Å². The van der Waals surface area contributed by atoms with Crippen molar-refractivity contribution in [2.45, 2.75) is 6.61 Å². The first kappa shape index (κ1) is 18.3. The van der Waals surface area contributed by atoms with Crippen molar-refractivity contribution in [3.05, 3.63) is 71.8 Å². The Morgan fingerprint density at radius 3 is 2.41 bits per heavy atom. The molecule has 138 valence electrons. The summed E-state index contributed by atoms with van der Waals surface area (Å²) in [6, 6.07) is 18.1. The molecule has 3 aromatic rings. The van der Waals surface area contributed by atoms with E-state index in [9.17, 15) is 9.59 Å². The smallest absolute Gasteiger partial charge is 0.341 e. The molecule has 3 aromatic carbocycles. The van der Waals surface area contributed by atoms with Gasteiger partial charge in [0.25, 0.3) is 0 Å². The van der Waals surface area contributed by atoms with E-state index in [0.717, 1.165) is 10.9 Å². The number of carboxylic acids is 1. The van der Waals surface area contributed by atoms with Gasteiger partial charge in [-0.3, -0.25) is 0 Å². The molecule has 0 unspecified atom stereocenters. The van der Waals surface area contributed by atoms with Crippen molar-refractivity contribution in [1.29, 1.82) is 0 Å². The number of rotatable bonds is 7. The van der Waals surface area contributed by atoms with Gasteiger partial charge in [0.1, 0.15) is 23.7 Å². The van der Waals surface area contributed by atoms with Gasteiger partial charge in [-0.2, -0.15) is 0 Å². The summed E-state index contributed by atoms with van der Waals surface area (Å²) in [7, 11) is 1.31. The second-order valence-electron chi connectivity index (χ2n) is 5.81. The molecule has 3 rings (SSSR count). The standard InChI is InChI=1S/C21H18O6/c1-25-21(24)18-10-16-9-17(26-13-20(22)23)8-7-15(16)11-19(18)27-12-14-5-3-2-4-6-14/h2-11H,12-13H2,1H3,(H,22,23). The van der Waals surface area contributed by atoms with Crippen LogP contribution in [0.5, 0.6) is 11.5 Å². The van der Waals surface area contributed by atoms with Crippen LogP contribution >= 0.6 is 0 Å². The van der Waals surface area contributed by atoms with E-state index in [-0.39, 0.29) is 5.56 Å². The molecule has 27 heavy (non-hydrogen) atoms. The van der Waals surface area contributed by atoms with Crippen molar-refractivity contribution in [2.75, 3.05) is 13.7 Å². The number of ether oxygens (including phenoxy) is 3. The first-order chi connectivity index (χ1) is 13.1. The molecule has 0 radical (unpaired) electrons. The van der Waals surface area contributed by atoms with Crippen molar-refractivity contribution in [1.82, 2.24) is 0 Å².